The lowest BCUT2D eigenvalue weighted by molar-refractivity contribution is -0.132. The highest BCUT2D eigenvalue weighted by Crippen LogP contribution is 2.18. The van der Waals surface area contributed by atoms with Gasteiger partial charge in [-0.1, -0.05) is 31.2 Å². The van der Waals surface area contributed by atoms with Crippen molar-refractivity contribution in [1.82, 2.24) is 0 Å². The van der Waals surface area contributed by atoms with Crippen molar-refractivity contribution in [2.45, 2.75) is 20.3 Å². The topological polar surface area (TPSA) is 61.1 Å². The lowest BCUT2D eigenvalue weighted by atomic mass is 10.0. The monoisotopic (exact) mass is 215 g/mol. The maximum Gasteiger partial charge on any atom is 0.346 e. The van der Waals surface area contributed by atoms with Crippen LogP contribution in [0.25, 0.3) is 5.57 Å². The van der Waals surface area contributed by atoms with Crippen molar-refractivity contribution >= 4 is 11.5 Å². The predicted molar refractivity (Wildman–Crippen MR) is 61.7 cm³/mol. The molecule has 1 aromatic carbocycles. The number of rotatable bonds is 3. The molecule has 0 spiro atoms. The second-order valence-electron chi connectivity index (χ2n) is 3.47. The molecule has 16 heavy (non-hydrogen) atoms. The van der Waals surface area contributed by atoms with E-state index >= 15 is 0 Å². The second-order valence-corrected chi connectivity index (χ2v) is 3.47. The van der Waals surface area contributed by atoms with Gasteiger partial charge in [0, 0.05) is 0 Å². The average molecular weight is 215 g/mol. The van der Waals surface area contributed by atoms with E-state index in [0.717, 1.165) is 12.0 Å². The van der Waals surface area contributed by atoms with Gasteiger partial charge in [-0.15, -0.1) is 0 Å². The molecule has 0 unspecified atom stereocenters. The predicted octanol–water partition coefficient (Wildman–Crippen LogP) is 2.63. The van der Waals surface area contributed by atoms with Crippen LogP contribution in [0.2, 0.25) is 0 Å². The van der Waals surface area contributed by atoms with Gasteiger partial charge in [-0.3, -0.25) is 0 Å². The maximum atomic E-state index is 10.8. The number of allylic oxidation sites excluding steroid dienone is 1. The van der Waals surface area contributed by atoms with Gasteiger partial charge < -0.3 is 5.11 Å². The number of carbonyl (C=O) groups is 1. The highest BCUT2D eigenvalue weighted by atomic mass is 16.4. The second kappa shape index (κ2) is 5.13. The molecule has 0 amide bonds. The molecule has 0 saturated carbocycles. The molecule has 0 aromatic heterocycles. The van der Waals surface area contributed by atoms with Gasteiger partial charge in [-0.2, -0.15) is 5.26 Å². The van der Waals surface area contributed by atoms with Gasteiger partial charge in [0.25, 0.3) is 0 Å². The number of hydrogen-bond donors (Lipinski definition) is 1. The van der Waals surface area contributed by atoms with Crippen LogP contribution in [0.5, 0.6) is 0 Å². The molecule has 1 aromatic rings. The average Bonchev–Trinajstić information content (AvgIpc) is 2.29. The number of aryl methyl sites for hydroxylation is 1. The van der Waals surface area contributed by atoms with Crippen molar-refractivity contribution in [3.8, 4) is 6.07 Å². The van der Waals surface area contributed by atoms with Crippen LogP contribution >= 0.6 is 0 Å². The van der Waals surface area contributed by atoms with E-state index in [9.17, 15) is 4.79 Å². The lowest BCUT2D eigenvalue weighted by Gasteiger charge is -2.04. The number of benzene rings is 1. The summed E-state index contributed by atoms with van der Waals surface area (Å²) >= 11 is 0. The van der Waals surface area contributed by atoms with Crippen molar-refractivity contribution in [2.24, 2.45) is 0 Å². The highest BCUT2D eigenvalue weighted by molar-refractivity contribution is 6.00. The Hall–Kier alpha value is -2.08. The van der Waals surface area contributed by atoms with Crippen molar-refractivity contribution in [3.63, 3.8) is 0 Å². The molecule has 0 bridgehead atoms. The fourth-order valence-corrected chi connectivity index (χ4v) is 1.43. The molecular formula is C13H13NO2. The SMILES string of the molecule is CCc1ccc(/C(C)=C(\C#N)C(=O)O)cc1. The van der Waals surface area contributed by atoms with Gasteiger partial charge in [0.1, 0.15) is 11.6 Å². The van der Waals surface area contributed by atoms with Crippen molar-refractivity contribution in [3.05, 3.63) is 41.0 Å². The van der Waals surface area contributed by atoms with Crippen LogP contribution in [0.4, 0.5) is 0 Å². The summed E-state index contributed by atoms with van der Waals surface area (Å²) in [6.07, 6.45) is 0.938. The smallest absolute Gasteiger partial charge is 0.346 e. The minimum atomic E-state index is -1.18. The molecule has 0 fully saturated rings. The van der Waals surface area contributed by atoms with Gasteiger partial charge in [0.15, 0.2) is 0 Å². The molecule has 0 aliphatic heterocycles. The summed E-state index contributed by atoms with van der Waals surface area (Å²) in [6.45, 7) is 3.70. The van der Waals surface area contributed by atoms with Gasteiger partial charge >= 0.3 is 5.97 Å². The number of hydrogen-bond acceptors (Lipinski definition) is 2. The lowest BCUT2D eigenvalue weighted by Crippen LogP contribution is -2.00. The molecule has 3 nitrogen and oxygen atoms in total. The van der Waals surface area contributed by atoms with E-state index in [-0.39, 0.29) is 5.57 Å². The zero-order chi connectivity index (χ0) is 12.1. The Kier molecular flexibility index (Phi) is 3.84. The summed E-state index contributed by atoms with van der Waals surface area (Å²) in [5.74, 6) is -1.18. The maximum absolute atomic E-state index is 10.8. The standard InChI is InChI=1S/C13H13NO2/c1-3-10-4-6-11(7-5-10)9(2)12(8-14)13(15)16/h4-7H,3H2,1-2H3,(H,15,16)/b12-9+. The molecule has 82 valence electrons. The zero-order valence-electron chi connectivity index (χ0n) is 9.32. The molecule has 0 heterocycles. The largest absolute Gasteiger partial charge is 0.477 e. The van der Waals surface area contributed by atoms with Crippen LogP contribution in [-0.2, 0) is 11.2 Å². The molecule has 0 aliphatic rings. The Morgan fingerprint density at radius 2 is 1.94 bits per heavy atom. The molecule has 0 saturated heterocycles. The summed E-state index contributed by atoms with van der Waals surface area (Å²) in [5, 5.41) is 17.6. The number of carboxylic acids is 1. The first kappa shape index (κ1) is 12.0. The van der Waals surface area contributed by atoms with Crippen LogP contribution in [0.15, 0.2) is 29.8 Å². The molecule has 1 rings (SSSR count). The normalized spacial score (nSPS) is 11.6. The van der Waals surface area contributed by atoms with E-state index in [0.29, 0.717) is 5.57 Å². The van der Waals surface area contributed by atoms with E-state index in [4.69, 9.17) is 10.4 Å². The van der Waals surface area contributed by atoms with Gasteiger partial charge in [-0.25, -0.2) is 4.79 Å². The Morgan fingerprint density at radius 1 is 1.38 bits per heavy atom. The molecule has 0 aliphatic carbocycles. The fraction of sp³-hybridized carbons (Fsp3) is 0.231. The van der Waals surface area contributed by atoms with Crippen molar-refractivity contribution in [2.75, 3.05) is 0 Å². The third-order valence-corrected chi connectivity index (χ3v) is 2.50. The fourth-order valence-electron chi connectivity index (χ4n) is 1.43. The summed E-state index contributed by atoms with van der Waals surface area (Å²) in [5.41, 5.74) is 2.25. The van der Waals surface area contributed by atoms with Gasteiger partial charge in [0.2, 0.25) is 0 Å². The highest BCUT2D eigenvalue weighted by Gasteiger charge is 2.11. The quantitative estimate of drug-likeness (QED) is 0.622. The van der Waals surface area contributed by atoms with Gasteiger partial charge in [0.05, 0.1) is 0 Å². The Morgan fingerprint density at radius 3 is 2.31 bits per heavy atom. The third-order valence-electron chi connectivity index (χ3n) is 2.50. The molecule has 0 radical (unpaired) electrons. The Bertz CT molecular complexity index is 464. The van der Waals surface area contributed by atoms with E-state index < -0.39 is 5.97 Å². The van der Waals surface area contributed by atoms with E-state index in [1.807, 2.05) is 24.3 Å². The van der Waals surface area contributed by atoms with E-state index in [2.05, 4.69) is 6.92 Å². The van der Waals surface area contributed by atoms with Crippen LogP contribution in [0.1, 0.15) is 25.0 Å². The first-order valence-electron chi connectivity index (χ1n) is 5.03. The van der Waals surface area contributed by atoms with Crippen LogP contribution in [-0.4, -0.2) is 11.1 Å². The number of aliphatic carboxylic acids is 1. The minimum Gasteiger partial charge on any atom is -0.477 e. The summed E-state index contributed by atoms with van der Waals surface area (Å²) in [6, 6.07) is 9.27. The number of carboxylic acid groups (broad SMARTS) is 1. The third kappa shape index (κ3) is 2.48. The first-order chi connectivity index (χ1) is 7.60. The van der Waals surface area contributed by atoms with Crippen LogP contribution in [0.3, 0.4) is 0 Å². The number of nitriles is 1. The van der Waals surface area contributed by atoms with Crippen molar-refractivity contribution < 1.29 is 9.90 Å². The Balaban J connectivity index is 3.18. The van der Waals surface area contributed by atoms with Gasteiger partial charge in [-0.05, 0) is 30.0 Å². The summed E-state index contributed by atoms with van der Waals surface area (Å²) < 4.78 is 0. The van der Waals surface area contributed by atoms with Crippen molar-refractivity contribution in [1.29, 1.82) is 5.26 Å². The number of nitrogens with zero attached hydrogens (tertiary/aromatic N) is 1. The summed E-state index contributed by atoms with van der Waals surface area (Å²) in [4.78, 5) is 10.8. The van der Waals surface area contributed by atoms with E-state index in [1.165, 1.54) is 5.56 Å². The molecule has 3 heteroatoms. The Labute approximate surface area is 94.6 Å². The molecule has 0 atom stereocenters. The van der Waals surface area contributed by atoms with E-state index in [1.54, 1.807) is 13.0 Å². The van der Waals surface area contributed by atoms with Crippen LogP contribution in [0, 0.1) is 11.3 Å². The minimum absolute atomic E-state index is 0.204. The molecular weight excluding hydrogens is 202 g/mol. The first-order valence-corrected chi connectivity index (χ1v) is 5.03. The zero-order valence-corrected chi connectivity index (χ0v) is 9.32. The van der Waals surface area contributed by atoms with Crippen LogP contribution < -0.4 is 0 Å². The molecule has 1 N–H and O–H groups in total. The summed E-state index contributed by atoms with van der Waals surface area (Å²) in [7, 11) is 0.